The van der Waals surface area contributed by atoms with Gasteiger partial charge in [-0.2, -0.15) is 41.6 Å². The third-order valence-corrected chi connectivity index (χ3v) is 11.2. The predicted molar refractivity (Wildman–Crippen MR) is 235 cm³/mol. The second-order valence-corrected chi connectivity index (χ2v) is 19.4. The summed E-state index contributed by atoms with van der Waals surface area (Å²) in [7, 11) is 10.7. The average molecular weight is 836 g/mol. The minimum atomic E-state index is -0.826. The molecule has 0 fully saturated rings. The molecule has 0 atom stereocenters. The Morgan fingerprint density at radius 2 is 0.944 bits per heavy atom. The Kier molecular flexibility index (Phi) is 13.8. The smallest absolute Gasteiger partial charge is 0.0920 e. The summed E-state index contributed by atoms with van der Waals surface area (Å²) in [5.41, 5.74) is 13.7. The van der Waals surface area contributed by atoms with Gasteiger partial charge in [0.15, 0.2) is 0 Å². The summed E-state index contributed by atoms with van der Waals surface area (Å²) in [6.45, 7) is 13.4. The maximum absolute atomic E-state index is 4.93. The topological polar surface area (TPSA) is 0 Å². The Morgan fingerprint density at radius 3 is 1.44 bits per heavy atom. The normalized spacial score (nSPS) is 11.2. The van der Waals surface area contributed by atoms with Gasteiger partial charge in [-0.15, -0.1) is 74.6 Å². The summed E-state index contributed by atoms with van der Waals surface area (Å²) < 4.78 is 0. The molecule has 9 rings (SSSR count). The fourth-order valence-electron chi connectivity index (χ4n) is 7.46. The van der Waals surface area contributed by atoms with Crippen molar-refractivity contribution in [2.45, 2.75) is 53.4 Å². The number of benzene rings is 6. The van der Waals surface area contributed by atoms with Crippen LogP contribution >= 0.6 is 17.0 Å². The molecule has 1 heterocycles. The SMILES string of the molecule is Cc1cc2c(-c3ccccc3C(C)C)cccc2[cH-]1.Cc1cc2c(-c3ccccc3C(C)C)cccc2[cH-]1.[Cl][Zr][Cl].[c-]1cccc2c1[Si]c1ccccc1-2. The van der Waals surface area contributed by atoms with E-state index < -0.39 is 20.8 Å². The average Bonchev–Trinajstić information content (AvgIpc) is 3.88. The summed E-state index contributed by atoms with van der Waals surface area (Å²) >= 11 is -0.826. The number of hydrogen-bond donors (Lipinski definition) is 0. The van der Waals surface area contributed by atoms with E-state index >= 15 is 0 Å². The predicted octanol–water partition coefficient (Wildman–Crippen LogP) is 13.8. The number of aryl methyl sites for hydroxylation is 2. The maximum atomic E-state index is 4.93. The molecule has 0 aromatic heterocycles. The molecule has 8 aromatic rings. The van der Waals surface area contributed by atoms with Crippen molar-refractivity contribution in [3.05, 3.63) is 180 Å². The molecule has 0 N–H and O–H groups in total. The van der Waals surface area contributed by atoms with Gasteiger partial charge in [-0.1, -0.05) is 148 Å². The van der Waals surface area contributed by atoms with Crippen LogP contribution in [0.2, 0.25) is 0 Å². The van der Waals surface area contributed by atoms with E-state index in [9.17, 15) is 0 Å². The molecule has 0 saturated carbocycles. The minimum Gasteiger partial charge on any atom is -0.184 e. The summed E-state index contributed by atoms with van der Waals surface area (Å²) in [6.07, 6.45) is 0. The Morgan fingerprint density at radius 1 is 0.519 bits per heavy atom. The molecule has 2 radical (unpaired) electrons. The van der Waals surface area contributed by atoms with Crippen LogP contribution in [0.1, 0.15) is 61.8 Å². The third kappa shape index (κ3) is 9.18. The van der Waals surface area contributed by atoms with Crippen molar-refractivity contribution in [3.63, 3.8) is 0 Å². The molecule has 54 heavy (non-hydrogen) atoms. The molecule has 0 aliphatic carbocycles. The first-order chi connectivity index (χ1) is 26.2. The molecule has 1 aliphatic rings. The van der Waals surface area contributed by atoms with E-state index in [1.807, 2.05) is 6.07 Å². The molecule has 0 unspecified atom stereocenters. The Balaban J connectivity index is 0.000000135. The van der Waals surface area contributed by atoms with Gasteiger partial charge in [0.25, 0.3) is 0 Å². The molecule has 8 aromatic carbocycles. The van der Waals surface area contributed by atoms with Gasteiger partial charge in [0, 0.05) is 0 Å². The van der Waals surface area contributed by atoms with Crippen LogP contribution in [0.4, 0.5) is 0 Å². The van der Waals surface area contributed by atoms with Crippen molar-refractivity contribution in [1.82, 2.24) is 0 Å². The second kappa shape index (κ2) is 18.7. The molecular weight excluding hydrogens is 791 g/mol. The summed E-state index contributed by atoms with van der Waals surface area (Å²) in [5.74, 6) is 1.09. The minimum absolute atomic E-state index is 0.544. The fourth-order valence-corrected chi connectivity index (χ4v) is 8.77. The van der Waals surface area contributed by atoms with E-state index in [0.717, 1.165) is 9.52 Å². The van der Waals surface area contributed by atoms with Crippen LogP contribution in [-0.4, -0.2) is 9.52 Å². The van der Waals surface area contributed by atoms with Crippen molar-refractivity contribution in [1.29, 1.82) is 0 Å². The van der Waals surface area contributed by atoms with E-state index in [1.54, 1.807) is 0 Å². The Hall–Kier alpha value is -3.78. The van der Waals surface area contributed by atoms with Gasteiger partial charge in [-0.25, -0.2) is 0 Å². The first-order valence-electron chi connectivity index (χ1n) is 18.5. The summed E-state index contributed by atoms with van der Waals surface area (Å²) in [6, 6.07) is 58.0. The quantitative estimate of drug-likeness (QED) is 0.122. The van der Waals surface area contributed by atoms with Gasteiger partial charge in [0.2, 0.25) is 0 Å². The zero-order chi connectivity index (χ0) is 38.2. The number of hydrogen-bond acceptors (Lipinski definition) is 0. The van der Waals surface area contributed by atoms with E-state index in [-0.39, 0.29) is 0 Å². The maximum Gasteiger partial charge on any atom is 0.0920 e. The van der Waals surface area contributed by atoms with Gasteiger partial charge in [-0.05, 0) is 34.1 Å². The van der Waals surface area contributed by atoms with Crippen LogP contribution in [-0.2, 0) is 20.8 Å². The van der Waals surface area contributed by atoms with Crippen molar-refractivity contribution in [2.75, 3.05) is 0 Å². The van der Waals surface area contributed by atoms with Crippen molar-refractivity contribution in [2.24, 2.45) is 0 Å². The third-order valence-electron chi connectivity index (χ3n) is 9.87. The monoisotopic (exact) mass is 833 g/mol. The Labute approximate surface area is 343 Å². The summed E-state index contributed by atoms with van der Waals surface area (Å²) in [4.78, 5) is 0. The van der Waals surface area contributed by atoms with Crippen molar-refractivity contribution >= 4 is 58.5 Å². The zero-order valence-electron chi connectivity index (χ0n) is 31.8. The van der Waals surface area contributed by atoms with Gasteiger partial charge < -0.3 is 0 Å². The van der Waals surface area contributed by atoms with Crippen molar-refractivity contribution in [3.8, 4) is 33.4 Å². The molecule has 0 spiro atoms. The van der Waals surface area contributed by atoms with Crippen molar-refractivity contribution < 1.29 is 20.8 Å². The van der Waals surface area contributed by atoms with Gasteiger partial charge in [0.05, 0.1) is 9.52 Å². The standard InChI is InChI=1S/2C19H19.C12H7Si.2ClH.Zr/c2*1-13(2)16-8-4-5-9-17(16)18-10-6-7-15-11-14(3)12-19(15)18;1-3-7-11-9(5-1)10-6-2-4-8-12(10)13-11;;;/h2*4-13H,1-3H3;1-7H;2*1H;/q3*-1;;;+2/p-2. The van der Waals surface area contributed by atoms with Crippen LogP contribution in [0.3, 0.4) is 0 Å². The Bertz CT molecular complexity index is 2290. The first-order valence-corrected chi connectivity index (χ1v) is 25.9. The molecule has 4 heteroatoms. The van der Waals surface area contributed by atoms with Crippen LogP contribution < -0.4 is 10.4 Å². The molecular formula is C50H45Cl2SiZr-3. The van der Waals surface area contributed by atoms with Gasteiger partial charge in [-0.3, -0.25) is 0 Å². The van der Waals surface area contributed by atoms with Crippen LogP contribution in [0.15, 0.2) is 152 Å². The van der Waals surface area contributed by atoms with E-state index in [1.165, 1.54) is 87.6 Å². The molecule has 0 bridgehead atoms. The largest absolute Gasteiger partial charge is 0.184 e. The molecule has 0 nitrogen and oxygen atoms in total. The molecule has 1 aliphatic heterocycles. The van der Waals surface area contributed by atoms with E-state index in [2.05, 4.69) is 193 Å². The summed E-state index contributed by atoms with van der Waals surface area (Å²) in [5, 5.41) is 8.24. The van der Waals surface area contributed by atoms with Crippen LogP contribution in [0.5, 0.6) is 0 Å². The molecule has 0 amide bonds. The van der Waals surface area contributed by atoms with E-state index in [4.69, 9.17) is 17.0 Å². The number of rotatable bonds is 4. The zero-order valence-corrected chi connectivity index (χ0v) is 36.8. The first kappa shape index (κ1) is 39.9. The van der Waals surface area contributed by atoms with E-state index in [0.29, 0.717) is 11.8 Å². The van der Waals surface area contributed by atoms with Gasteiger partial charge in [0.1, 0.15) is 0 Å². The van der Waals surface area contributed by atoms with Gasteiger partial charge >= 0.3 is 37.9 Å². The van der Waals surface area contributed by atoms with Crippen LogP contribution in [0.25, 0.3) is 54.9 Å². The molecule has 270 valence electrons. The second-order valence-electron chi connectivity index (χ2n) is 14.4. The number of halogens is 2. The van der Waals surface area contributed by atoms with Crippen LogP contribution in [0, 0.1) is 19.9 Å². The molecule has 0 saturated heterocycles. The number of fused-ring (bicyclic) bond motifs is 5. The fraction of sp³-hybridized carbons (Fsp3) is 0.160.